The molecule has 0 fully saturated rings. The first kappa shape index (κ1) is 23.6. The number of benzene rings is 2. The minimum absolute atomic E-state index is 0.150. The average Bonchev–Trinajstić information content (AvgIpc) is 2.71. The second-order valence-corrected chi connectivity index (χ2v) is 4.51. The number of carbonyl (C=O) groups is 1. The number of amides is 1. The van der Waals surface area contributed by atoms with Crippen molar-refractivity contribution in [1.29, 1.82) is 0 Å². The quantitative estimate of drug-likeness (QED) is 0.566. The summed E-state index contributed by atoms with van der Waals surface area (Å²) >= 11 is 0. The molecule has 1 amide bonds. The van der Waals surface area contributed by atoms with E-state index >= 15 is 0 Å². The molecule has 1 heterocycles. The number of anilines is 1. The molecule has 0 aliphatic heterocycles. The van der Waals surface area contributed by atoms with Crippen molar-refractivity contribution >= 4 is 22.5 Å². The van der Waals surface area contributed by atoms with Crippen LogP contribution in [0.15, 0.2) is 62.5 Å². The standard InChI is InChI=1S/C8H10N2O.C8H5NO3.2C2H6/c1-10-8(11)6-4-2-3-5-7(6)9;10-7-5-3-1-2-4-6(5)9-8(11)12-7;2*1-2/h2-5H,9H2,1H3,(H,10,11);1-4H,(H,9,11);2*1-2H3. The Morgan fingerprint density at radius 2 is 1.52 bits per heavy atom. The highest BCUT2D eigenvalue weighted by Crippen LogP contribution is 2.09. The van der Waals surface area contributed by atoms with Crippen molar-refractivity contribution in [3.05, 3.63) is 75.1 Å². The number of carbonyl (C=O) groups excluding carboxylic acids is 1. The van der Waals surface area contributed by atoms with Gasteiger partial charge in [-0.15, -0.1) is 0 Å². The molecule has 0 bridgehead atoms. The van der Waals surface area contributed by atoms with Crippen LogP contribution in [0, 0.1) is 0 Å². The van der Waals surface area contributed by atoms with E-state index in [1.54, 1.807) is 55.6 Å². The van der Waals surface area contributed by atoms with E-state index in [9.17, 15) is 14.4 Å². The van der Waals surface area contributed by atoms with Crippen molar-refractivity contribution in [2.24, 2.45) is 0 Å². The molecule has 0 unspecified atom stereocenters. The van der Waals surface area contributed by atoms with Crippen LogP contribution < -0.4 is 22.4 Å². The Labute approximate surface area is 158 Å². The molecular formula is C20H27N3O4. The van der Waals surface area contributed by atoms with Crippen LogP contribution in [0.1, 0.15) is 38.1 Å². The van der Waals surface area contributed by atoms with Crippen molar-refractivity contribution in [2.45, 2.75) is 27.7 Å². The number of aromatic amines is 1. The van der Waals surface area contributed by atoms with Crippen LogP contribution in [-0.4, -0.2) is 17.9 Å². The Morgan fingerprint density at radius 1 is 0.963 bits per heavy atom. The van der Waals surface area contributed by atoms with Crippen LogP contribution in [0.2, 0.25) is 0 Å². The molecular weight excluding hydrogens is 346 g/mol. The fraction of sp³-hybridized carbons (Fsp3) is 0.250. The Kier molecular flexibility index (Phi) is 11.3. The molecule has 0 atom stereocenters. The second-order valence-electron chi connectivity index (χ2n) is 4.51. The van der Waals surface area contributed by atoms with Crippen LogP contribution in [0.4, 0.5) is 5.69 Å². The summed E-state index contributed by atoms with van der Waals surface area (Å²) in [5.41, 5.74) is 6.46. The number of aromatic nitrogens is 1. The SMILES string of the molecule is CC.CC.CNC(=O)c1ccccc1N.O=c1[nH]c2ccccc2c(=O)o1. The number of nitrogens with one attached hydrogen (secondary N) is 2. The molecule has 3 aromatic rings. The zero-order chi connectivity index (χ0) is 20.8. The molecule has 2 aromatic carbocycles. The van der Waals surface area contributed by atoms with Crippen LogP contribution in [0.3, 0.4) is 0 Å². The van der Waals surface area contributed by atoms with Gasteiger partial charge in [0, 0.05) is 12.7 Å². The summed E-state index contributed by atoms with van der Waals surface area (Å²) in [6.07, 6.45) is 0. The van der Waals surface area contributed by atoms with Gasteiger partial charge in [0.05, 0.1) is 16.5 Å². The fourth-order valence-electron chi connectivity index (χ4n) is 1.88. The van der Waals surface area contributed by atoms with E-state index in [1.165, 1.54) is 0 Å². The van der Waals surface area contributed by atoms with Crippen LogP contribution in [0.25, 0.3) is 10.9 Å². The number of fused-ring (bicyclic) bond motifs is 1. The van der Waals surface area contributed by atoms with Crippen LogP contribution in [0.5, 0.6) is 0 Å². The maximum Gasteiger partial charge on any atom is 0.419 e. The zero-order valence-electron chi connectivity index (χ0n) is 16.3. The number of hydrogen-bond donors (Lipinski definition) is 3. The van der Waals surface area contributed by atoms with Gasteiger partial charge in [-0.3, -0.25) is 9.78 Å². The summed E-state index contributed by atoms with van der Waals surface area (Å²) < 4.78 is 4.32. The van der Waals surface area contributed by atoms with Crippen molar-refractivity contribution in [1.82, 2.24) is 10.3 Å². The van der Waals surface area contributed by atoms with E-state index in [0.29, 0.717) is 22.2 Å². The third kappa shape index (κ3) is 7.19. The number of rotatable bonds is 1. The molecule has 7 nitrogen and oxygen atoms in total. The molecule has 0 spiro atoms. The highest BCUT2D eigenvalue weighted by molar-refractivity contribution is 5.98. The highest BCUT2D eigenvalue weighted by atomic mass is 16.4. The van der Waals surface area contributed by atoms with Crippen LogP contribution >= 0.6 is 0 Å². The van der Waals surface area contributed by atoms with Crippen molar-refractivity contribution < 1.29 is 9.21 Å². The minimum Gasteiger partial charge on any atom is -0.398 e. The topological polar surface area (TPSA) is 118 Å². The first-order chi connectivity index (χ1) is 13.0. The van der Waals surface area contributed by atoms with E-state index in [-0.39, 0.29) is 5.91 Å². The molecule has 27 heavy (non-hydrogen) atoms. The van der Waals surface area contributed by atoms with E-state index in [2.05, 4.69) is 14.7 Å². The third-order valence-corrected chi connectivity index (χ3v) is 3.00. The monoisotopic (exact) mass is 373 g/mol. The number of hydrogen-bond acceptors (Lipinski definition) is 5. The summed E-state index contributed by atoms with van der Waals surface area (Å²) in [7, 11) is 1.58. The number of para-hydroxylation sites is 2. The lowest BCUT2D eigenvalue weighted by Crippen LogP contribution is -2.19. The van der Waals surface area contributed by atoms with Crippen molar-refractivity contribution in [3.63, 3.8) is 0 Å². The largest absolute Gasteiger partial charge is 0.419 e. The summed E-state index contributed by atoms with van der Waals surface area (Å²) in [5.74, 6) is -0.873. The third-order valence-electron chi connectivity index (χ3n) is 3.00. The molecule has 3 rings (SSSR count). The van der Waals surface area contributed by atoms with Crippen molar-refractivity contribution in [2.75, 3.05) is 12.8 Å². The molecule has 0 saturated carbocycles. The maximum atomic E-state index is 11.0. The predicted molar refractivity (Wildman–Crippen MR) is 110 cm³/mol. The fourth-order valence-corrected chi connectivity index (χ4v) is 1.88. The predicted octanol–water partition coefficient (Wildman–Crippen LogP) is 3.16. The molecule has 4 N–H and O–H groups in total. The van der Waals surface area contributed by atoms with Gasteiger partial charge in [-0.2, -0.15) is 0 Å². The van der Waals surface area contributed by atoms with Gasteiger partial charge in [0.2, 0.25) is 0 Å². The smallest absolute Gasteiger partial charge is 0.398 e. The molecule has 0 aliphatic carbocycles. The Bertz CT molecular complexity index is 945. The van der Waals surface area contributed by atoms with E-state index in [1.807, 2.05) is 27.7 Å². The van der Waals surface area contributed by atoms with Crippen molar-refractivity contribution in [3.8, 4) is 0 Å². The lowest BCUT2D eigenvalue weighted by molar-refractivity contribution is 0.0964. The molecule has 0 aliphatic rings. The van der Waals surface area contributed by atoms with Gasteiger partial charge in [-0.05, 0) is 24.3 Å². The first-order valence-corrected chi connectivity index (χ1v) is 8.71. The maximum absolute atomic E-state index is 11.0. The van der Waals surface area contributed by atoms with Gasteiger partial charge in [0.1, 0.15) is 0 Å². The van der Waals surface area contributed by atoms with Crippen LogP contribution in [-0.2, 0) is 0 Å². The lowest BCUT2D eigenvalue weighted by atomic mass is 10.2. The summed E-state index contributed by atoms with van der Waals surface area (Å²) in [6, 6.07) is 13.6. The molecule has 0 radical (unpaired) electrons. The first-order valence-electron chi connectivity index (χ1n) is 8.71. The lowest BCUT2D eigenvalue weighted by Gasteiger charge is -2.01. The molecule has 146 valence electrons. The summed E-state index contributed by atoms with van der Waals surface area (Å²) in [4.78, 5) is 35.1. The van der Waals surface area contributed by atoms with Gasteiger partial charge < -0.3 is 15.5 Å². The normalized spacial score (nSPS) is 8.78. The Balaban J connectivity index is 0.000000425. The average molecular weight is 373 g/mol. The van der Waals surface area contributed by atoms with Gasteiger partial charge in [-0.1, -0.05) is 52.0 Å². The Hall–Kier alpha value is -3.35. The zero-order valence-corrected chi connectivity index (χ0v) is 16.3. The number of nitrogens with two attached hydrogens (primary N) is 1. The Morgan fingerprint density at radius 3 is 2.11 bits per heavy atom. The second kappa shape index (κ2) is 12.9. The van der Waals surface area contributed by atoms with E-state index < -0.39 is 11.4 Å². The number of nitrogen functional groups attached to an aromatic ring is 1. The highest BCUT2D eigenvalue weighted by Gasteiger charge is 2.04. The van der Waals surface area contributed by atoms with Gasteiger partial charge >= 0.3 is 11.4 Å². The van der Waals surface area contributed by atoms with Gasteiger partial charge in [0.15, 0.2) is 0 Å². The summed E-state index contributed by atoms with van der Waals surface area (Å²) in [5, 5.41) is 2.89. The molecule has 0 saturated heterocycles. The van der Waals surface area contributed by atoms with Gasteiger partial charge in [0.25, 0.3) is 5.91 Å². The summed E-state index contributed by atoms with van der Waals surface area (Å²) in [6.45, 7) is 8.00. The molecule has 7 heteroatoms. The van der Waals surface area contributed by atoms with E-state index in [0.717, 1.165) is 0 Å². The minimum atomic E-state index is -0.723. The molecule has 1 aromatic heterocycles. The van der Waals surface area contributed by atoms with E-state index in [4.69, 9.17) is 5.73 Å². The number of H-pyrrole nitrogens is 1. The van der Waals surface area contributed by atoms with Gasteiger partial charge in [-0.25, -0.2) is 9.59 Å².